The molecule has 1 fully saturated rings. The lowest BCUT2D eigenvalue weighted by atomic mass is 9.94. The Morgan fingerprint density at radius 2 is 2.17 bits per heavy atom. The van der Waals surface area contributed by atoms with Crippen molar-refractivity contribution in [3.8, 4) is 0 Å². The minimum absolute atomic E-state index is 0.0777. The maximum atomic E-state index is 11.8. The quantitative estimate of drug-likeness (QED) is 0.899. The lowest BCUT2D eigenvalue weighted by Gasteiger charge is -2.31. The number of sulfone groups is 1. The van der Waals surface area contributed by atoms with Crippen molar-refractivity contribution in [1.82, 2.24) is 10.3 Å². The molecule has 0 aliphatic heterocycles. The fourth-order valence-electron chi connectivity index (χ4n) is 2.59. The van der Waals surface area contributed by atoms with Gasteiger partial charge in [0.1, 0.15) is 0 Å². The summed E-state index contributed by atoms with van der Waals surface area (Å²) in [5.74, 6) is 0. The molecular formula is C13H20N2O2S. The molecule has 0 spiro atoms. The second-order valence-electron chi connectivity index (χ2n) is 5.00. The van der Waals surface area contributed by atoms with Gasteiger partial charge in [-0.2, -0.15) is 0 Å². The highest BCUT2D eigenvalue weighted by molar-refractivity contribution is 7.91. The summed E-state index contributed by atoms with van der Waals surface area (Å²) >= 11 is 0. The number of pyridine rings is 1. The largest absolute Gasteiger partial charge is 0.309 e. The third-order valence-electron chi connectivity index (χ3n) is 3.54. The van der Waals surface area contributed by atoms with Crippen molar-refractivity contribution in [2.45, 2.75) is 43.5 Å². The van der Waals surface area contributed by atoms with Gasteiger partial charge in [-0.3, -0.25) is 4.98 Å². The maximum Gasteiger partial charge on any atom is 0.151 e. The van der Waals surface area contributed by atoms with Gasteiger partial charge in [-0.25, -0.2) is 8.42 Å². The van der Waals surface area contributed by atoms with E-state index in [4.69, 9.17) is 0 Å². The first-order valence-electron chi connectivity index (χ1n) is 6.38. The van der Waals surface area contributed by atoms with Crippen molar-refractivity contribution in [2.24, 2.45) is 0 Å². The van der Waals surface area contributed by atoms with E-state index < -0.39 is 9.84 Å². The minimum Gasteiger partial charge on any atom is -0.309 e. The standard InChI is InChI=1S/C13H20N2O2S/c1-18(16,17)13-7-3-2-6-12(13)15-10-11-5-4-8-14-9-11/h4-5,8-9,12-13,15H,2-3,6-7,10H2,1H3/t12-,13-/m0/s1. The van der Waals surface area contributed by atoms with E-state index in [0.29, 0.717) is 6.54 Å². The zero-order valence-corrected chi connectivity index (χ0v) is 11.5. The van der Waals surface area contributed by atoms with Crippen molar-refractivity contribution in [2.75, 3.05) is 6.26 Å². The van der Waals surface area contributed by atoms with E-state index in [2.05, 4.69) is 10.3 Å². The first kappa shape index (κ1) is 13.5. The van der Waals surface area contributed by atoms with E-state index in [9.17, 15) is 8.42 Å². The number of hydrogen-bond acceptors (Lipinski definition) is 4. The average Bonchev–Trinajstić information content (AvgIpc) is 2.37. The van der Waals surface area contributed by atoms with Crippen LogP contribution in [0.1, 0.15) is 31.2 Å². The third kappa shape index (κ3) is 3.53. The van der Waals surface area contributed by atoms with Crippen LogP contribution in [-0.2, 0) is 16.4 Å². The second-order valence-corrected chi connectivity index (χ2v) is 7.27. The van der Waals surface area contributed by atoms with E-state index in [0.717, 1.165) is 31.2 Å². The third-order valence-corrected chi connectivity index (χ3v) is 5.21. The van der Waals surface area contributed by atoms with Crippen molar-refractivity contribution in [3.05, 3.63) is 30.1 Å². The average molecular weight is 268 g/mol. The Bertz CT molecular complexity index is 473. The first-order valence-corrected chi connectivity index (χ1v) is 8.34. The lowest BCUT2D eigenvalue weighted by molar-refractivity contribution is 0.370. The van der Waals surface area contributed by atoms with Crippen LogP contribution in [0.5, 0.6) is 0 Å². The van der Waals surface area contributed by atoms with Gasteiger partial charge < -0.3 is 5.32 Å². The van der Waals surface area contributed by atoms with Crippen LogP contribution in [0.3, 0.4) is 0 Å². The Labute approximate surface area is 109 Å². The predicted molar refractivity (Wildman–Crippen MR) is 72.0 cm³/mol. The van der Waals surface area contributed by atoms with Crippen molar-refractivity contribution in [3.63, 3.8) is 0 Å². The highest BCUT2D eigenvalue weighted by atomic mass is 32.2. The molecule has 100 valence electrons. The number of hydrogen-bond donors (Lipinski definition) is 1. The smallest absolute Gasteiger partial charge is 0.151 e. The van der Waals surface area contributed by atoms with E-state index in [1.165, 1.54) is 6.26 Å². The van der Waals surface area contributed by atoms with Crippen molar-refractivity contribution in [1.29, 1.82) is 0 Å². The van der Waals surface area contributed by atoms with E-state index >= 15 is 0 Å². The molecule has 0 saturated heterocycles. The molecule has 1 aliphatic rings. The fraction of sp³-hybridized carbons (Fsp3) is 0.615. The van der Waals surface area contributed by atoms with E-state index in [-0.39, 0.29) is 11.3 Å². The van der Waals surface area contributed by atoms with Gasteiger partial charge in [0.2, 0.25) is 0 Å². The second kappa shape index (κ2) is 5.80. The Morgan fingerprint density at radius 1 is 1.39 bits per heavy atom. The molecule has 2 rings (SSSR count). The summed E-state index contributed by atoms with van der Waals surface area (Å²) in [5, 5.41) is 3.14. The highest BCUT2D eigenvalue weighted by Gasteiger charge is 2.32. The van der Waals surface area contributed by atoms with Gasteiger partial charge in [0, 0.05) is 31.2 Å². The summed E-state index contributed by atoms with van der Waals surface area (Å²) in [6.45, 7) is 0.685. The van der Waals surface area contributed by atoms with Gasteiger partial charge in [-0.1, -0.05) is 18.9 Å². The topological polar surface area (TPSA) is 59.1 Å². The van der Waals surface area contributed by atoms with Crippen LogP contribution in [0.25, 0.3) is 0 Å². The number of aromatic nitrogens is 1. The van der Waals surface area contributed by atoms with Gasteiger partial charge >= 0.3 is 0 Å². The lowest BCUT2D eigenvalue weighted by Crippen LogP contribution is -2.45. The molecule has 18 heavy (non-hydrogen) atoms. The molecule has 0 radical (unpaired) electrons. The van der Waals surface area contributed by atoms with Gasteiger partial charge in [-0.15, -0.1) is 0 Å². The molecule has 1 aromatic rings. The number of nitrogens with zero attached hydrogens (tertiary/aromatic N) is 1. The maximum absolute atomic E-state index is 11.8. The molecule has 1 saturated carbocycles. The Kier molecular flexibility index (Phi) is 4.35. The summed E-state index contributed by atoms with van der Waals surface area (Å²) in [7, 11) is -2.96. The summed E-state index contributed by atoms with van der Waals surface area (Å²) < 4.78 is 23.5. The van der Waals surface area contributed by atoms with Crippen LogP contribution in [0.4, 0.5) is 0 Å². The Balaban J connectivity index is 1.98. The summed E-state index contributed by atoms with van der Waals surface area (Å²) in [5.41, 5.74) is 1.09. The molecule has 2 atom stereocenters. The normalized spacial score (nSPS) is 24.9. The fourth-order valence-corrected chi connectivity index (χ4v) is 4.02. The molecule has 4 nitrogen and oxygen atoms in total. The zero-order chi connectivity index (χ0) is 13.0. The van der Waals surface area contributed by atoms with Gasteiger partial charge in [0.15, 0.2) is 9.84 Å². The molecule has 0 amide bonds. The molecule has 0 bridgehead atoms. The summed E-state index contributed by atoms with van der Waals surface area (Å²) in [4.78, 5) is 4.06. The molecule has 1 aliphatic carbocycles. The molecule has 1 aromatic heterocycles. The minimum atomic E-state index is -2.96. The zero-order valence-electron chi connectivity index (χ0n) is 10.7. The van der Waals surface area contributed by atoms with Crippen LogP contribution in [0.2, 0.25) is 0 Å². The van der Waals surface area contributed by atoms with E-state index in [1.54, 1.807) is 6.20 Å². The molecular weight excluding hydrogens is 248 g/mol. The number of rotatable bonds is 4. The highest BCUT2D eigenvalue weighted by Crippen LogP contribution is 2.24. The predicted octanol–water partition coefficient (Wildman–Crippen LogP) is 1.53. The molecule has 0 unspecified atom stereocenters. The summed E-state index contributed by atoms with van der Waals surface area (Å²) in [6.07, 6.45) is 8.75. The monoisotopic (exact) mass is 268 g/mol. The van der Waals surface area contributed by atoms with Crippen molar-refractivity contribution < 1.29 is 8.42 Å². The van der Waals surface area contributed by atoms with Crippen LogP contribution in [0, 0.1) is 0 Å². The summed E-state index contributed by atoms with van der Waals surface area (Å²) in [6, 6.07) is 3.97. The van der Waals surface area contributed by atoms with Crippen LogP contribution in [-0.4, -0.2) is 30.9 Å². The molecule has 5 heteroatoms. The van der Waals surface area contributed by atoms with Crippen molar-refractivity contribution >= 4 is 9.84 Å². The number of nitrogens with one attached hydrogen (secondary N) is 1. The first-order chi connectivity index (χ1) is 8.57. The van der Waals surface area contributed by atoms with E-state index in [1.807, 2.05) is 18.3 Å². The van der Waals surface area contributed by atoms with Crippen LogP contribution >= 0.6 is 0 Å². The Hall–Kier alpha value is -0.940. The Morgan fingerprint density at radius 3 is 2.83 bits per heavy atom. The molecule has 1 heterocycles. The van der Waals surface area contributed by atoms with Crippen LogP contribution in [0.15, 0.2) is 24.5 Å². The van der Waals surface area contributed by atoms with Crippen LogP contribution < -0.4 is 5.32 Å². The van der Waals surface area contributed by atoms with Gasteiger partial charge in [0.05, 0.1) is 5.25 Å². The van der Waals surface area contributed by atoms with Gasteiger partial charge in [-0.05, 0) is 24.5 Å². The SMILES string of the molecule is CS(=O)(=O)[C@H]1CCCC[C@@H]1NCc1cccnc1. The molecule has 0 aromatic carbocycles. The van der Waals surface area contributed by atoms with Gasteiger partial charge in [0.25, 0.3) is 0 Å². The molecule has 1 N–H and O–H groups in total.